The Morgan fingerprint density at radius 1 is 1.19 bits per heavy atom. The van der Waals surface area contributed by atoms with E-state index >= 15 is 0 Å². The summed E-state index contributed by atoms with van der Waals surface area (Å²) in [5, 5.41) is 3.60. The van der Waals surface area contributed by atoms with E-state index in [9.17, 15) is 4.79 Å². The first-order valence-electron chi connectivity index (χ1n) is 9.81. The van der Waals surface area contributed by atoms with Crippen LogP contribution in [0.15, 0.2) is 36.4 Å². The van der Waals surface area contributed by atoms with Crippen molar-refractivity contribution < 1.29 is 9.53 Å². The van der Waals surface area contributed by atoms with Crippen LogP contribution in [-0.2, 0) is 6.54 Å². The predicted octanol–water partition coefficient (Wildman–Crippen LogP) is 4.99. The lowest BCUT2D eigenvalue weighted by atomic mass is 9.85. The third kappa shape index (κ3) is 5.21. The van der Waals surface area contributed by atoms with Crippen molar-refractivity contribution in [3.05, 3.63) is 53.3 Å². The van der Waals surface area contributed by atoms with E-state index in [0.29, 0.717) is 24.0 Å². The van der Waals surface area contributed by atoms with Crippen LogP contribution in [0.3, 0.4) is 0 Å². The Bertz CT molecular complexity index is 716. The molecule has 1 aromatic carbocycles. The lowest BCUT2D eigenvalue weighted by molar-refractivity contribution is 0.0727. The molecule has 1 heterocycles. The summed E-state index contributed by atoms with van der Waals surface area (Å²) >= 11 is 0. The molecule has 1 aliphatic carbocycles. The van der Waals surface area contributed by atoms with Gasteiger partial charge in [0, 0.05) is 23.8 Å². The predicted molar refractivity (Wildman–Crippen MR) is 104 cm³/mol. The maximum Gasteiger partial charge on any atom is 0.360 e. The summed E-state index contributed by atoms with van der Waals surface area (Å²) in [6.07, 6.45) is 8.13. The Morgan fingerprint density at radius 2 is 1.96 bits per heavy atom. The van der Waals surface area contributed by atoms with Gasteiger partial charge < -0.3 is 15.0 Å². The number of aromatic nitrogens is 1. The molecule has 140 valence electrons. The molecule has 2 N–H and O–H groups in total. The molecular formula is C22H30N2O2. The molecule has 0 amide bonds. The van der Waals surface area contributed by atoms with Crippen molar-refractivity contribution in [1.29, 1.82) is 0 Å². The van der Waals surface area contributed by atoms with E-state index in [2.05, 4.69) is 17.2 Å². The van der Waals surface area contributed by atoms with Crippen molar-refractivity contribution in [2.45, 2.75) is 65.0 Å². The van der Waals surface area contributed by atoms with Gasteiger partial charge in [0.15, 0.2) is 0 Å². The van der Waals surface area contributed by atoms with Crippen LogP contribution in [-0.4, -0.2) is 17.0 Å². The summed E-state index contributed by atoms with van der Waals surface area (Å²) in [4.78, 5) is 15.3. The summed E-state index contributed by atoms with van der Waals surface area (Å²) in [7, 11) is 0. The van der Waals surface area contributed by atoms with E-state index in [1.54, 1.807) is 6.07 Å². The number of nitrogens with one attached hydrogen (secondary N) is 2. The van der Waals surface area contributed by atoms with Crippen LogP contribution >= 0.6 is 0 Å². The van der Waals surface area contributed by atoms with Crippen molar-refractivity contribution in [3.63, 3.8) is 0 Å². The van der Waals surface area contributed by atoms with Gasteiger partial charge in [-0.1, -0.05) is 50.3 Å². The quantitative estimate of drug-likeness (QED) is 0.544. The van der Waals surface area contributed by atoms with Crippen LogP contribution in [0.5, 0.6) is 5.75 Å². The molecule has 4 nitrogen and oxygen atoms in total. The Kier molecular flexibility index (Phi) is 6.51. The molecule has 0 bridgehead atoms. The highest BCUT2D eigenvalue weighted by molar-refractivity contribution is 5.89. The first kappa shape index (κ1) is 18.7. The van der Waals surface area contributed by atoms with Crippen molar-refractivity contribution >= 4 is 5.97 Å². The molecule has 1 aliphatic rings. The van der Waals surface area contributed by atoms with Crippen molar-refractivity contribution in [2.24, 2.45) is 5.92 Å². The number of esters is 1. The average molecular weight is 354 g/mol. The maximum absolute atomic E-state index is 12.3. The van der Waals surface area contributed by atoms with Crippen molar-refractivity contribution in [2.75, 3.05) is 0 Å². The van der Waals surface area contributed by atoms with Crippen molar-refractivity contribution in [1.82, 2.24) is 10.3 Å². The minimum absolute atomic E-state index is 0.346. The maximum atomic E-state index is 12.3. The van der Waals surface area contributed by atoms with Crippen LogP contribution in [0.25, 0.3) is 0 Å². The number of carbonyl (C=O) groups excluding carboxylic acids is 1. The second kappa shape index (κ2) is 9.04. The SMILES string of the molecule is Cc1ccc(C(=O)Oc2ccccc2CNC(C)CC2CCCCC2)[nH]1. The van der Waals surface area contributed by atoms with Gasteiger partial charge in [-0.25, -0.2) is 4.79 Å². The minimum Gasteiger partial charge on any atom is -0.422 e. The zero-order chi connectivity index (χ0) is 18.4. The minimum atomic E-state index is -0.346. The number of para-hydroxylation sites is 1. The molecule has 3 rings (SSSR count). The number of aromatic amines is 1. The number of ether oxygens (including phenoxy) is 1. The number of benzene rings is 1. The topological polar surface area (TPSA) is 54.1 Å². The number of hydrogen-bond acceptors (Lipinski definition) is 3. The Hall–Kier alpha value is -2.07. The molecule has 1 fully saturated rings. The van der Waals surface area contributed by atoms with Gasteiger partial charge in [0.1, 0.15) is 11.4 Å². The van der Waals surface area contributed by atoms with Crippen LogP contribution in [0, 0.1) is 12.8 Å². The third-order valence-corrected chi connectivity index (χ3v) is 5.28. The van der Waals surface area contributed by atoms with Gasteiger partial charge >= 0.3 is 5.97 Å². The largest absolute Gasteiger partial charge is 0.422 e. The second-order valence-corrected chi connectivity index (χ2v) is 7.57. The van der Waals surface area contributed by atoms with Crippen molar-refractivity contribution in [3.8, 4) is 5.75 Å². The molecule has 0 aliphatic heterocycles. The molecular weight excluding hydrogens is 324 g/mol. The lowest BCUT2D eigenvalue weighted by Crippen LogP contribution is -2.28. The van der Waals surface area contributed by atoms with Gasteiger partial charge in [-0.15, -0.1) is 0 Å². The van der Waals surface area contributed by atoms with Crippen LogP contribution in [0.4, 0.5) is 0 Å². The van der Waals surface area contributed by atoms with E-state index in [-0.39, 0.29) is 5.97 Å². The normalized spacial score (nSPS) is 16.4. The molecule has 0 radical (unpaired) electrons. The fraction of sp³-hybridized carbons (Fsp3) is 0.500. The first-order valence-corrected chi connectivity index (χ1v) is 9.81. The average Bonchev–Trinajstić information content (AvgIpc) is 3.08. The highest BCUT2D eigenvalue weighted by Gasteiger charge is 2.17. The number of aryl methyl sites for hydroxylation is 1. The first-order chi connectivity index (χ1) is 12.6. The molecule has 1 aromatic heterocycles. The summed E-state index contributed by atoms with van der Waals surface area (Å²) in [6, 6.07) is 11.9. The molecule has 1 unspecified atom stereocenters. The second-order valence-electron chi connectivity index (χ2n) is 7.57. The number of rotatable bonds is 7. The van der Waals surface area contributed by atoms with Gasteiger partial charge in [0.05, 0.1) is 0 Å². The molecule has 2 aromatic rings. The molecule has 26 heavy (non-hydrogen) atoms. The zero-order valence-corrected chi connectivity index (χ0v) is 15.9. The van der Waals surface area contributed by atoms with Gasteiger partial charge in [0.25, 0.3) is 0 Å². The van der Waals surface area contributed by atoms with Gasteiger partial charge in [0.2, 0.25) is 0 Å². The highest BCUT2D eigenvalue weighted by atomic mass is 16.5. The van der Waals surface area contributed by atoms with E-state index in [0.717, 1.165) is 17.2 Å². The molecule has 1 atom stereocenters. The van der Waals surface area contributed by atoms with Gasteiger partial charge in [-0.3, -0.25) is 0 Å². The number of H-pyrrole nitrogens is 1. The molecule has 0 saturated heterocycles. The van der Waals surface area contributed by atoms with Crippen LogP contribution in [0.1, 0.15) is 67.2 Å². The van der Waals surface area contributed by atoms with Gasteiger partial charge in [-0.05, 0) is 44.4 Å². The molecule has 4 heteroatoms. The van der Waals surface area contributed by atoms with Crippen LogP contribution in [0.2, 0.25) is 0 Å². The smallest absolute Gasteiger partial charge is 0.360 e. The zero-order valence-electron chi connectivity index (χ0n) is 15.9. The summed E-state index contributed by atoms with van der Waals surface area (Å²) in [5.41, 5.74) is 2.44. The van der Waals surface area contributed by atoms with E-state index in [4.69, 9.17) is 4.74 Å². The standard InChI is InChI=1S/C22H30N2O2/c1-16-12-13-20(24-16)22(25)26-21-11-7-6-10-19(21)15-23-17(2)14-18-8-4-3-5-9-18/h6-7,10-13,17-18,23-24H,3-5,8-9,14-15H2,1-2H3. The molecule has 1 saturated carbocycles. The number of carbonyl (C=O) groups is 1. The Balaban J connectivity index is 1.55. The molecule has 0 spiro atoms. The van der Waals surface area contributed by atoms with E-state index in [1.165, 1.54) is 38.5 Å². The van der Waals surface area contributed by atoms with Crippen LogP contribution < -0.4 is 10.1 Å². The monoisotopic (exact) mass is 354 g/mol. The van der Waals surface area contributed by atoms with Gasteiger partial charge in [-0.2, -0.15) is 0 Å². The number of hydrogen-bond donors (Lipinski definition) is 2. The fourth-order valence-electron chi connectivity index (χ4n) is 3.82. The Labute approximate surface area is 156 Å². The summed E-state index contributed by atoms with van der Waals surface area (Å²) in [5.74, 6) is 1.14. The van der Waals surface area contributed by atoms with E-state index in [1.807, 2.05) is 37.3 Å². The fourth-order valence-corrected chi connectivity index (χ4v) is 3.82. The Morgan fingerprint density at radius 3 is 2.69 bits per heavy atom. The van der Waals surface area contributed by atoms with E-state index < -0.39 is 0 Å². The summed E-state index contributed by atoms with van der Waals surface area (Å²) in [6.45, 7) is 4.88. The highest BCUT2D eigenvalue weighted by Crippen LogP contribution is 2.27. The third-order valence-electron chi connectivity index (χ3n) is 5.28. The summed E-state index contributed by atoms with van der Waals surface area (Å²) < 4.78 is 5.62. The lowest BCUT2D eigenvalue weighted by Gasteiger charge is -2.25.